The predicted molar refractivity (Wildman–Crippen MR) is 238 cm³/mol. The monoisotopic (exact) mass is 742 g/mol. The fourth-order valence-electron chi connectivity index (χ4n) is 10.6. The molecule has 0 bridgehead atoms. The molecule has 5 aromatic carbocycles. The SMILES string of the molecule is C=N/C(=C\C(NCCC[C@H]1c2ccccc2C2c3oc4ccccc4c3C=C(c3ccc4c(c3)C(C)(C)c3ccccc3-4)C21)c1ccccc1)C1=CC=C[C@H](C)C1. The van der Waals surface area contributed by atoms with Crippen molar-refractivity contribution in [2.24, 2.45) is 16.8 Å². The molecule has 0 saturated heterocycles. The van der Waals surface area contributed by atoms with Gasteiger partial charge in [-0.15, -0.1) is 0 Å². The molecule has 4 aliphatic rings. The Bertz CT molecular complexity index is 2650. The summed E-state index contributed by atoms with van der Waals surface area (Å²) in [5.41, 5.74) is 16.8. The quantitative estimate of drug-likeness (QED) is 0.112. The third-order valence-corrected chi connectivity index (χ3v) is 13.4. The van der Waals surface area contributed by atoms with Gasteiger partial charge in [-0.2, -0.15) is 0 Å². The maximum absolute atomic E-state index is 6.87. The molecule has 57 heavy (non-hydrogen) atoms. The van der Waals surface area contributed by atoms with Crippen molar-refractivity contribution in [2.45, 2.75) is 63.3 Å². The zero-order valence-corrected chi connectivity index (χ0v) is 33.2. The molecule has 3 heteroatoms. The average molecular weight is 743 g/mol. The van der Waals surface area contributed by atoms with Crippen molar-refractivity contribution < 1.29 is 4.42 Å². The van der Waals surface area contributed by atoms with Gasteiger partial charge in [0.05, 0.1) is 17.7 Å². The summed E-state index contributed by atoms with van der Waals surface area (Å²) in [7, 11) is 0. The summed E-state index contributed by atoms with van der Waals surface area (Å²) in [5, 5.41) is 5.15. The van der Waals surface area contributed by atoms with Gasteiger partial charge in [0.2, 0.25) is 0 Å². The van der Waals surface area contributed by atoms with Crippen LogP contribution in [0.2, 0.25) is 0 Å². The van der Waals surface area contributed by atoms with Gasteiger partial charge in [0.1, 0.15) is 11.3 Å². The van der Waals surface area contributed by atoms with E-state index in [-0.39, 0.29) is 23.3 Å². The summed E-state index contributed by atoms with van der Waals surface area (Å²) in [6.07, 6.45) is 14.5. The fraction of sp³-hybridized carbons (Fsp3) is 0.241. The minimum atomic E-state index is -0.0685. The fourth-order valence-corrected chi connectivity index (χ4v) is 10.6. The van der Waals surface area contributed by atoms with E-state index in [9.17, 15) is 0 Å². The molecule has 0 fully saturated rings. The molecule has 0 radical (unpaired) electrons. The van der Waals surface area contributed by atoms with E-state index in [1.165, 1.54) is 66.6 Å². The molecule has 3 nitrogen and oxygen atoms in total. The van der Waals surface area contributed by atoms with E-state index >= 15 is 0 Å². The second kappa shape index (κ2) is 14.3. The van der Waals surface area contributed by atoms with E-state index in [1.54, 1.807) is 0 Å². The van der Waals surface area contributed by atoms with Crippen molar-refractivity contribution in [1.82, 2.24) is 5.32 Å². The molecule has 1 N–H and O–H groups in total. The van der Waals surface area contributed by atoms with Crippen molar-refractivity contribution in [1.29, 1.82) is 0 Å². The first-order valence-corrected chi connectivity index (χ1v) is 20.8. The minimum Gasteiger partial charge on any atom is -0.460 e. The number of fused-ring (bicyclic) bond motifs is 10. The number of aliphatic imine (C=N–C) groups is 1. The summed E-state index contributed by atoms with van der Waals surface area (Å²) in [4.78, 5) is 4.54. The number of hydrogen-bond acceptors (Lipinski definition) is 3. The highest BCUT2D eigenvalue weighted by atomic mass is 16.3. The number of rotatable bonds is 10. The van der Waals surface area contributed by atoms with E-state index in [2.05, 4.69) is 190 Å². The number of para-hydroxylation sites is 1. The molecular formula is C54H50N2O. The zero-order valence-electron chi connectivity index (χ0n) is 33.2. The Kier molecular flexibility index (Phi) is 8.95. The van der Waals surface area contributed by atoms with Crippen molar-refractivity contribution >= 4 is 29.3 Å². The highest BCUT2D eigenvalue weighted by Gasteiger charge is 2.48. The summed E-state index contributed by atoms with van der Waals surface area (Å²) in [6.45, 7) is 11.9. The Morgan fingerprint density at radius 3 is 2.47 bits per heavy atom. The Morgan fingerprint density at radius 2 is 1.63 bits per heavy atom. The number of allylic oxidation sites excluding steroid dienone is 5. The first-order valence-electron chi connectivity index (χ1n) is 20.8. The van der Waals surface area contributed by atoms with Crippen molar-refractivity contribution in [3.05, 3.63) is 202 Å². The first-order chi connectivity index (χ1) is 27.9. The molecule has 0 aliphatic heterocycles. The molecule has 1 heterocycles. The summed E-state index contributed by atoms with van der Waals surface area (Å²) in [5.74, 6) is 2.37. The van der Waals surface area contributed by atoms with E-state index in [0.29, 0.717) is 11.8 Å². The Balaban J connectivity index is 1.01. The minimum absolute atomic E-state index is 0.0274. The van der Waals surface area contributed by atoms with Gasteiger partial charge < -0.3 is 9.73 Å². The van der Waals surface area contributed by atoms with Gasteiger partial charge in [-0.3, -0.25) is 4.99 Å². The molecule has 4 aliphatic carbocycles. The topological polar surface area (TPSA) is 37.5 Å². The zero-order chi connectivity index (χ0) is 38.7. The molecule has 6 aromatic rings. The Labute approximate surface area is 337 Å². The third kappa shape index (κ3) is 6.03. The first kappa shape index (κ1) is 35.6. The summed E-state index contributed by atoms with van der Waals surface area (Å²) in [6, 6.07) is 44.8. The second-order valence-corrected chi connectivity index (χ2v) is 17.1. The van der Waals surface area contributed by atoms with Crippen molar-refractivity contribution in [2.75, 3.05) is 6.54 Å². The van der Waals surface area contributed by atoms with Crippen LogP contribution in [-0.4, -0.2) is 13.3 Å². The van der Waals surface area contributed by atoms with Gasteiger partial charge in [-0.25, -0.2) is 0 Å². The molecule has 3 unspecified atom stereocenters. The maximum Gasteiger partial charge on any atom is 0.134 e. The van der Waals surface area contributed by atoms with Gasteiger partial charge in [0.25, 0.3) is 0 Å². The van der Waals surface area contributed by atoms with Crippen LogP contribution in [-0.2, 0) is 5.41 Å². The van der Waals surface area contributed by atoms with E-state index < -0.39 is 0 Å². The van der Waals surface area contributed by atoms with E-state index in [4.69, 9.17) is 4.42 Å². The lowest BCUT2D eigenvalue weighted by molar-refractivity contribution is 0.420. The largest absolute Gasteiger partial charge is 0.460 e. The van der Waals surface area contributed by atoms with Gasteiger partial charge in [0.15, 0.2) is 0 Å². The molecule has 0 spiro atoms. The standard InChI is InChI=1S/C54H50N2O/c1-34-16-14-19-37(30-34)48(55-4)33-49(35-17-6-5-7-18-35)56-29-15-24-42-38-20-8-9-23-43(38)52-51(42)44(32-45-41-22-11-13-26-50(41)57-53(45)52)36-27-28-40-39-21-10-12-25-46(39)54(2,3)47(40)31-36/h5-14,16-23,25-28,31-34,42,49,51-52,56H,4,15,24,29-30H2,1-3H3/b48-33-/t34-,42-,49?,51?,52?/m0/s1. The van der Waals surface area contributed by atoms with Crippen LogP contribution in [0.4, 0.5) is 0 Å². The molecular weight excluding hydrogens is 693 g/mol. The summed E-state index contributed by atoms with van der Waals surface area (Å²) < 4.78 is 6.87. The molecule has 5 atom stereocenters. The number of benzene rings is 5. The molecule has 0 saturated carbocycles. The van der Waals surface area contributed by atoms with Gasteiger partial charge in [-0.05, 0) is 124 Å². The number of hydrogen-bond donors (Lipinski definition) is 1. The van der Waals surface area contributed by atoms with Crippen molar-refractivity contribution in [3.63, 3.8) is 0 Å². The maximum atomic E-state index is 6.87. The third-order valence-electron chi connectivity index (χ3n) is 13.4. The van der Waals surface area contributed by atoms with Gasteiger partial charge in [0, 0.05) is 22.3 Å². The molecule has 10 rings (SSSR count). The van der Waals surface area contributed by atoms with Crippen molar-refractivity contribution in [3.8, 4) is 11.1 Å². The van der Waals surface area contributed by atoms with E-state index in [0.717, 1.165) is 42.8 Å². The Morgan fingerprint density at radius 1 is 0.877 bits per heavy atom. The molecule has 1 aromatic heterocycles. The van der Waals surface area contributed by atoms with E-state index in [1.807, 2.05) is 0 Å². The van der Waals surface area contributed by atoms with Gasteiger partial charge in [-0.1, -0.05) is 148 Å². The number of nitrogens with one attached hydrogen (secondary N) is 1. The highest BCUT2D eigenvalue weighted by molar-refractivity contribution is 5.99. The van der Waals surface area contributed by atoms with Crippen LogP contribution in [0.1, 0.15) is 103 Å². The lowest BCUT2D eigenvalue weighted by Gasteiger charge is -2.32. The highest BCUT2D eigenvalue weighted by Crippen LogP contribution is 2.61. The number of nitrogens with zero attached hydrogens (tertiary/aromatic N) is 1. The van der Waals surface area contributed by atoms with Crippen LogP contribution in [0.5, 0.6) is 0 Å². The Hall–Kier alpha value is -5.77. The van der Waals surface area contributed by atoms with Crippen LogP contribution in [0, 0.1) is 11.8 Å². The lowest BCUT2D eigenvalue weighted by Crippen LogP contribution is -2.23. The van der Waals surface area contributed by atoms with Crippen LogP contribution < -0.4 is 5.32 Å². The van der Waals surface area contributed by atoms with Crippen LogP contribution in [0.3, 0.4) is 0 Å². The van der Waals surface area contributed by atoms with Gasteiger partial charge >= 0.3 is 0 Å². The summed E-state index contributed by atoms with van der Waals surface area (Å²) >= 11 is 0. The average Bonchev–Trinajstić information content (AvgIpc) is 3.86. The predicted octanol–water partition coefficient (Wildman–Crippen LogP) is 13.4. The van der Waals surface area contributed by atoms with Crippen LogP contribution in [0.15, 0.2) is 166 Å². The second-order valence-electron chi connectivity index (χ2n) is 17.1. The molecule has 0 amide bonds. The van der Waals surface area contributed by atoms with Crippen LogP contribution in [0.25, 0.3) is 33.7 Å². The number of furan rings is 1. The smallest absolute Gasteiger partial charge is 0.134 e. The molecule has 282 valence electrons. The normalized spacial score (nSPS) is 21.8. The lowest BCUT2D eigenvalue weighted by atomic mass is 9.71. The van der Waals surface area contributed by atoms with Crippen LogP contribution >= 0.6 is 0 Å².